The number of fused-ring (bicyclic) bond motifs is 1. The van der Waals surface area contributed by atoms with Crippen LogP contribution in [-0.2, 0) is 27.8 Å². The van der Waals surface area contributed by atoms with Gasteiger partial charge < -0.3 is 14.8 Å². The lowest BCUT2D eigenvalue weighted by Gasteiger charge is -2.30. The van der Waals surface area contributed by atoms with Gasteiger partial charge >= 0.3 is 0 Å². The van der Waals surface area contributed by atoms with E-state index in [2.05, 4.69) is 10.4 Å². The first-order valence-electron chi connectivity index (χ1n) is 14.9. The van der Waals surface area contributed by atoms with Gasteiger partial charge in [0.1, 0.15) is 11.9 Å². The third-order valence-electron chi connectivity index (χ3n) is 8.84. The van der Waals surface area contributed by atoms with Gasteiger partial charge in [-0.25, -0.2) is 0 Å². The lowest BCUT2D eigenvalue weighted by Crippen LogP contribution is -2.46. The van der Waals surface area contributed by atoms with Crippen molar-refractivity contribution in [3.8, 4) is 16.9 Å². The summed E-state index contributed by atoms with van der Waals surface area (Å²) in [5, 5.41) is 9.25. The second-order valence-corrected chi connectivity index (χ2v) is 12.5. The van der Waals surface area contributed by atoms with Gasteiger partial charge in [-0.05, 0) is 106 Å². The minimum Gasteiger partial charge on any atom is -0.494 e. The molecule has 2 aliphatic rings. The molecular formula is C34H39Cl2N3O4. The molecule has 0 unspecified atom stereocenters. The van der Waals surface area contributed by atoms with Gasteiger partial charge in [-0.2, -0.15) is 5.10 Å². The third kappa shape index (κ3) is 6.34. The van der Waals surface area contributed by atoms with E-state index in [1.54, 1.807) is 0 Å². The number of aryl methyl sites for hydroxylation is 4. The lowest BCUT2D eigenvalue weighted by atomic mass is 9.92. The Morgan fingerprint density at radius 3 is 2.49 bits per heavy atom. The van der Waals surface area contributed by atoms with Crippen molar-refractivity contribution in [3.05, 3.63) is 73.5 Å². The molecule has 7 nitrogen and oxygen atoms in total. The van der Waals surface area contributed by atoms with E-state index in [0.29, 0.717) is 30.9 Å². The van der Waals surface area contributed by atoms with Gasteiger partial charge in [0.25, 0.3) is 6.47 Å². The summed E-state index contributed by atoms with van der Waals surface area (Å²) in [6, 6.07) is 7.64. The number of hydrogen-bond acceptors (Lipinski definition) is 5. The van der Waals surface area contributed by atoms with Gasteiger partial charge in [0, 0.05) is 45.9 Å². The van der Waals surface area contributed by atoms with E-state index in [4.69, 9.17) is 32.7 Å². The Balaban J connectivity index is 1.45. The van der Waals surface area contributed by atoms with E-state index in [1.165, 1.54) is 0 Å². The molecule has 0 aliphatic heterocycles. The van der Waals surface area contributed by atoms with Crippen molar-refractivity contribution in [2.24, 2.45) is 7.05 Å². The van der Waals surface area contributed by atoms with Crippen molar-refractivity contribution in [3.63, 3.8) is 0 Å². The predicted molar refractivity (Wildman–Crippen MR) is 171 cm³/mol. The molecule has 0 spiro atoms. The van der Waals surface area contributed by atoms with Crippen LogP contribution < -0.4 is 10.1 Å². The highest BCUT2D eigenvalue weighted by atomic mass is 35.5. The molecule has 0 saturated heterocycles. The average Bonchev–Trinajstić information content (AvgIpc) is 3.46. The molecule has 1 N–H and O–H groups in total. The van der Waals surface area contributed by atoms with E-state index in [-0.39, 0.29) is 18.1 Å². The molecule has 1 fully saturated rings. The summed E-state index contributed by atoms with van der Waals surface area (Å²) in [5.74, 6) is 0.664. The third-order valence-corrected chi connectivity index (χ3v) is 9.75. The van der Waals surface area contributed by atoms with Crippen LogP contribution in [0.15, 0.2) is 29.8 Å². The van der Waals surface area contributed by atoms with Crippen LogP contribution in [0.2, 0.25) is 10.0 Å². The topological polar surface area (TPSA) is 82.4 Å². The second kappa shape index (κ2) is 13.1. The molecule has 1 heterocycles. The number of amides is 1. The lowest BCUT2D eigenvalue weighted by molar-refractivity contribution is -0.137. The Labute approximate surface area is 263 Å². The summed E-state index contributed by atoms with van der Waals surface area (Å²) in [6.07, 6.45) is 5.01. The number of ether oxygens (including phenoxy) is 2. The van der Waals surface area contributed by atoms with Crippen molar-refractivity contribution < 1.29 is 19.1 Å². The number of rotatable bonds is 10. The fraction of sp³-hybridized carbons (Fsp3) is 0.441. The van der Waals surface area contributed by atoms with Gasteiger partial charge in [-0.1, -0.05) is 35.7 Å². The van der Waals surface area contributed by atoms with Gasteiger partial charge in [-0.15, -0.1) is 0 Å². The van der Waals surface area contributed by atoms with Crippen molar-refractivity contribution in [1.29, 1.82) is 0 Å². The summed E-state index contributed by atoms with van der Waals surface area (Å²) in [5.41, 5.74) is 9.63. The maximum Gasteiger partial charge on any atom is 0.293 e. The van der Waals surface area contributed by atoms with Crippen LogP contribution in [0.25, 0.3) is 16.7 Å². The van der Waals surface area contributed by atoms with E-state index in [9.17, 15) is 9.59 Å². The molecule has 1 aromatic heterocycles. The zero-order chi connectivity index (χ0) is 30.8. The summed E-state index contributed by atoms with van der Waals surface area (Å²) >= 11 is 13.2. The molecule has 2 atom stereocenters. The van der Waals surface area contributed by atoms with Crippen LogP contribution in [0.5, 0.6) is 5.75 Å². The Morgan fingerprint density at radius 2 is 1.81 bits per heavy atom. The number of carbonyl (C=O) groups excluding carboxylic acids is 2. The first kappa shape index (κ1) is 31.1. The maximum atomic E-state index is 14.0. The van der Waals surface area contributed by atoms with E-state index in [0.717, 1.165) is 98.8 Å². The van der Waals surface area contributed by atoms with E-state index in [1.807, 2.05) is 63.7 Å². The van der Waals surface area contributed by atoms with E-state index < -0.39 is 0 Å². The first-order chi connectivity index (χ1) is 20.6. The van der Waals surface area contributed by atoms with Gasteiger partial charge in [0.2, 0.25) is 5.91 Å². The molecule has 1 saturated carbocycles. The highest BCUT2D eigenvalue weighted by molar-refractivity contribution is 6.34. The minimum absolute atomic E-state index is 0.121. The Hall–Kier alpha value is -3.29. The predicted octanol–water partition coefficient (Wildman–Crippen LogP) is 7.40. The largest absolute Gasteiger partial charge is 0.494 e. The normalized spacial score (nSPS) is 18.0. The smallest absolute Gasteiger partial charge is 0.293 e. The van der Waals surface area contributed by atoms with Gasteiger partial charge in [-0.3, -0.25) is 14.3 Å². The molecule has 5 rings (SSSR count). The summed E-state index contributed by atoms with van der Waals surface area (Å²) in [4.78, 5) is 25.1. The van der Waals surface area contributed by atoms with Crippen molar-refractivity contribution in [1.82, 2.24) is 15.1 Å². The molecule has 228 valence electrons. The van der Waals surface area contributed by atoms with Crippen molar-refractivity contribution in [2.45, 2.75) is 84.8 Å². The Bertz CT molecular complexity index is 1570. The molecule has 3 aromatic rings. The number of carbonyl (C=O) groups is 2. The quantitative estimate of drug-likeness (QED) is 0.188. The standard InChI is InChI=1S/C34H39Cl2N3O4/c1-19-15-23(16-20(2)33(19)36)42-14-8-9-24-25-12-13-28(35)32(31-21(3)38-39(5)22(31)4)26(25)17-27(24)34(41)37-29-10-6-7-11-30(29)43-18-40/h12-13,15-16,18,29-30H,6-11,14,17H2,1-5H3,(H,37,41)/t29-,30+/m0/s1. The highest BCUT2D eigenvalue weighted by Gasteiger charge is 2.34. The van der Waals surface area contributed by atoms with Gasteiger partial charge in [0.15, 0.2) is 0 Å². The number of nitrogens with one attached hydrogen (secondary N) is 1. The molecule has 0 radical (unpaired) electrons. The molecule has 43 heavy (non-hydrogen) atoms. The van der Waals surface area contributed by atoms with Crippen molar-refractivity contribution >= 4 is 41.2 Å². The number of hydrogen-bond donors (Lipinski definition) is 1. The summed E-state index contributed by atoms with van der Waals surface area (Å²) < 4.78 is 13.3. The van der Waals surface area contributed by atoms with Crippen LogP contribution >= 0.6 is 23.2 Å². The van der Waals surface area contributed by atoms with Crippen LogP contribution in [-0.4, -0.2) is 40.9 Å². The first-order valence-corrected chi connectivity index (χ1v) is 15.7. The van der Waals surface area contributed by atoms with Crippen molar-refractivity contribution in [2.75, 3.05) is 6.61 Å². The van der Waals surface area contributed by atoms with Crippen LogP contribution in [0.1, 0.15) is 72.2 Å². The summed E-state index contributed by atoms with van der Waals surface area (Å²) in [7, 11) is 1.93. The number of benzene rings is 2. The molecule has 0 bridgehead atoms. The Morgan fingerprint density at radius 1 is 1.09 bits per heavy atom. The zero-order valence-corrected chi connectivity index (χ0v) is 27.0. The zero-order valence-electron chi connectivity index (χ0n) is 25.5. The highest BCUT2D eigenvalue weighted by Crippen LogP contribution is 2.45. The Kier molecular flexibility index (Phi) is 9.52. The second-order valence-electron chi connectivity index (χ2n) is 11.7. The SMILES string of the molecule is Cc1cc(OCCCC2=C(C(=O)N[C@H]3CCCC[C@H]3OC=O)Cc3c2ccc(Cl)c3-c2c(C)nn(C)c2C)cc(C)c1Cl. The van der Waals surface area contributed by atoms with E-state index >= 15 is 0 Å². The maximum absolute atomic E-state index is 14.0. The number of allylic oxidation sites excluding steroid dienone is 1. The molecule has 2 aromatic carbocycles. The molecular weight excluding hydrogens is 585 g/mol. The number of nitrogens with zero attached hydrogens (tertiary/aromatic N) is 2. The monoisotopic (exact) mass is 623 g/mol. The molecule has 9 heteroatoms. The van der Waals surface area contributed by atoms with Crippen LogP contribution in [0, 0.1) is 27.7 Å². The van der Waals surface area contributed by atoms with Gasteiger partial charge in [0.05, 0.1) is 18.3 Å². The average molecular weight is 625 g/mol. The molecule has 1 amide bonds. The fourth-order valence-electron chi connectivity index (χ4n) is 6.62. The van der Waals surface area contributed by atoms with Crippen LogP contribution in [0.3, 0.4) is 0 Å². The summed E-state index contributed by atoms with van der Waals surface area (Å²) in [6.45, 7) is 8.95. The van der Waals surface area contributed by atoms with Crippen LogP contribution in [0.4, 0.5) is 0 Å². The number of halogens is 2. The molecule has 2 aliphatic carbocycles. The number of aromatic nitrogens is 2. The minimum atomic E-state index is -0.312. The fourth-order valence-corrected chi connectivity index (χ4v) is 7.00.